The number of benzene rings is 3. The standard InChI is InChI=1S/C20H15N3O3/c21-18-12-16(25-15-4-2-1-3-5-15)10-11-17(18)19-22-20(26-23-19)13-6-8-14(24)9-7-13/h1-12,24H,21H2. The summed E-state index contributed by atoms with van der Waals surface area (Å²) in [6.07, 6.45) is 0. The van der Waals surface area contributed by atoms with Gasteiger partial charge in [0.05, 0.1) is 0 Å². The molecule has 0 aliphatic rings. The van der Waals surface area contributed by atoms with E-state index in [1.807, 2.05) is 30.3 Å². The molecule has 0 saturated carbocycles. The summed E-state index contributed by atoms with van der Waals surface area (Å²) >= 11 is 0. The van der Waals surface area contributed by atoms with Crippen LogP contribution in [-0.2, 0) is 0 Å². The fraction of sp³-hybridized carbons (Fsp3) is 0. The van der Waals surface area contributed by atoms with Crippen LogP contribution in [0.1, 0.15) is 0 Å². The molecule has 0 saturated heterocycles. The number of para-hydroxylation sites is 1. The second kappa shape index (κ2) is 6.60. The van der Waals surface area contributed by atoms with E-state index in [2.05, 4.69) is 10.1 Å². The van der Waals surface area contributed by atoms with Crippen LogP contribution in [0.4, 0.5) is 5.69 Å². The molecule has 4 aromatic rings. The Kier molecular flexibility index (Phi) is 3.99. The minimum atomic E-state index is 0.173. The Morgan fingerprint density at radius 2 is 1.65 bits per heavy atom. The van der Waals surface area contributed by atoms with Crippen molar-refractivity contribution >= 4 is 5.69 Å². The van der Waals surface area contributed by atoms with Crippen LogP contribution in [-0.4, -0.2) is 15.2 Å². The van der Waals surface area contributed by atoms with Crippen molar-refractivity contribution in [1.82, 2.24) is 10.1 Å². The molecule has 4 rings (SSSR count). The number of hydrogen-bond donors (Lipinski definition) is 2. The maximum absolute atomic E-state index is 9.36. The first-order valence-electron chi connectivity index (χ1n) is 7.95. The third-order valence-electron chi connectivity index (χ3n) is 3.78. The summed E-state index contributed by atoms with van der Waals surface area (Å²) in [4.78, 5) is 4.37. The summed E-state index contributed by atoms with van der Waals surface area (Å²) in [6.45, 7) is 0. The van der Waals surface area contributed by atoms with E-state index < -0.39 is 0 Å². The molecule has 0 amide bonds. The van der Waals surface area contributed by atoms with Crippen LogP contribution < -0.4 is 10.5 Å². The molecule has 0 unspecified atom stereocenters. The average molecular weight is 345 g/mol. The van der Waals surface area contributed by atoms with Crippen molar-refractivity contribution < 1.29 is 14.4 Å². The van der Waals surface area contributed by atoms with Crippen molar-refractivity contribution in [2.75, 3.05) is 5.73 Å². The smallest absolute Gasteiger partial charge is 0.258 e. The Balaban J connectivity index is 1.59. The second-order valence-electron chi connectivity index (χ2n) is 5.63. The number of aromatic nitrogens is 2. The highest BCUT2D eigenvalue weighted by Gasteiger charge is 2.14. The lowest BCUT2D eigenvalue weighted by Gasteiger charge is -2.07. The largest absolute Gasteiger partial charge is 0.508 e. The molecular formula is C20H15N3O3. The first-order valence-corrected chi connectivity index (χ1v) is 7.95. The Labute approximate surface area is 149 Å². The molecule has 0 radical (unpaired) electrons. The van der Waals surface area contributed by atoms with Gasteiger partial charge >= 0.3 is 0 Å². The number of ether oxygens (including phenoxy) is 1. The number of phenols is 1. The summed E-state index contributed by atoms with van der Waals surface area (Å²) < 4.78 is 11.1. The van der Waals surface area contributed by atoms with Crippen LogP contribution in [0.3, 0.4) is 0 Å². The highest BCUT2D eigenvalue weighted by atomic mass is 16.5. The van der Waals surface area contributed by atoms with E-state index in [4.69, 9.17) is 15.0 Å². The monoisotopic (exact) mass is 345 g/mol. The lowest BCUT2D eigenvalue weighted by molar-refractivity contribution is 0.432. The summed E-state index contributed by atoms with van der Waals surface area (Å²) in [7, 11) is 0. The van der Waals surface area contributed by atoms with Gasteiger partial charge in [-0.15, -0.1) is 0 Å². The van der Waals surface area contributed by atoms with Gasteiger partial charge in [0, 0.05) is 22.9 Å². The zero-order valence-corrected chi connectivity index (χ0v) is 13.7. The maximum atomic E-state index is 9.36. The zero-order valence-electron chi connectivity index (χ0n) is 13.7. The quantitative estimate of drug-likeness (QED) is 0.529. The Morgan fingerprint density at radius 3 is 2.38 bits per heavy atom. The molecule has 0 atom stereocenters. The van der Waals surface area contributed by atoms with E-state index in [0.29, 0.717) is 34.3 Å². The van der Waals surface area contributed by atoms with E-state index in [9.17, 15) is 5.11 Å². The van der Waals surface area contributed by atoms with E-state index in [0.717, 1.165) is 5.75 Å². The lowest BCUT2D eigenvalue weighted by atomic mass is 10.1. The number of nitrogens with zero attached hydrogens (tertiary/aromatic N) is 2. The van der Waals surface area contributed by atoms with Crippen LogP contribution in [0.25, 0.3) is 22.8 Å². The predicted octanol–water partition coefficient (Wildman–Crippen LogP) is 4.48. The molecule has 0 aliphatic carbocycles. The topological polar surface area (TPSA) is 94.4 Å². The average Bonchev–Trinajstić information content (AvgIpc) is 3.13. The van der Waals surface area contributed by atoms with Crippen molar-refractivity contribution in [3.8, 4) is 40.1 Å². The molecule has 6 nitrogen and oxygen atoms in total. The van der Waals surface area contributed by atoms with E-state index in [1.165, 1.54) is 0 Å². The highest BCUT2D eigenvalue weighted by Crippen LogP contribution is 2.31. The third-order valence-corrected chi connectivity index (χ3v) is 3.78. The summed E-state index contributed by atoms with van der Waals surface area (Å²) in [6, 6.07) is 21.3. The fourth-order valence-electron chi connectivity index (χ4n) is 2.49. The molecule has 1 heterocycles. The number of nitrogens with two attached hydrogens (primary N) is 1. The van der Waals surface area contributed by atoms with Crippen molar-refractivity contribution in [1.29, 1.82) is 0 Å². The first kappa shape index (κ1) is 15.7. The zero-order chi connectivity index (χ0) is 17.9. The van der Waals surface area contributed by atoms with Gasteiger partial charge in [-0.1, -0.05) is 23.4 Å². The number of rotatable bonds is 4. The van der Waals surface area contributed by atoms with Gasteiger partial charge in [0.15, 0.2) is 0 Å². The van der Waals surface area contributed by atoms with Crippen LogP contribution in [0.15, 0.2) is 77.3 Å². The van der Waals surface area contributed by atoms with Gasteiger partial charge in [0.2, 0.25) is 5.82 Å². The SMILES string of the molecule is Nc1cc(Oc2ccccc2)ccc1-c1noc(-c2ccc(O)cc2)n1. The van der Waals surface area contributed by atoms with Gasteiger partial charge in [-0.25, -0.2) is 0 Å². The molecule has 0 bridgehead atoms. The van der Waals surface area contributed by atoms with Crippen LogP contribution in [0, 0.1) is 0 Å². The summed E-state index contributed by atoms with van der Waals surface area (Å²) in [5.41, 5.74) is 7.99. The third kappa shape index (κ3) is 3.21. The molecule has 3 aromatic carbocycles. The number of phenolic OH excluding ortho intramolecular Hbond substituents is 1. The summed E-state index contributed by atoms with van der Waals surface area (Å²) in [5, 5.41) is 13.4. The van der Waals surface area contributed by atoms with Crippen molar-refractivity contribution in [3.05, 3.63) is 72.8 Å². The van der Waals surface area contributed by atoms with Crippen LogP contribution in [0.5, 0.6) is 17.2 Å². The van der Waals surface area contributed by atoms with Crippen molar-refractivity contribution in [3.63, 3.8) is 0 Å². The van der Waals surface area contributed by atoms with Gasteiger partial charge < -0.3 is 20.1 Å². The fourth-order valence-corrected chi connectivity index (χ4v) is 2.49. The van der Waals surface area contributed by atoms with Gasteiger partial charge in [0.25, 0.3) is 5.89 Å². The number of nitrogen functional groups attached to an aromatic ring is 1. The molecule has 0 fully saturated rings. The number of anilines is 1. The van der Waals surface area contributed by atoms with Gasteiger partial charge in [0.1, 0.15) is 17.2 Å². The second-order valence-corrected chi connectivity index (χ2v) is 5.63. The molecule has 0 aliphatic heterocycles. The molecule has 26 heavy (non-hydrogen) atoms. The Hall–Kier alpha value is -3.80. The van der Waals surface area contributed by atoms with E-state index >= 15 is 0 Å². The molecule has 3 N–H and O–H groups in total. The highest BCUT2D eigenvalue weighted by molar-refractivity contribution is 5.73. The molecular weight excluding hydrogens is 330 g/mol. The normalized spacial score (nSPS) is 10.6. The van der Waals surface area contributed by atoms with Crippen LogP contribution in [0.2, 0.25) is 0 Å². The van der Waals surface area contributed by atoms with Gasteiger partial charge in [-0.05, 0) is 48.5 Å². The molecule has 128 valence electrons. The molecule has 6 heteroatoms. The first-order chi connectivity index (χ1) is 12.7. The molecule has 0 spiro atoms. The van der Waals surface area contributed by atoms with Crippen molar-refractivity contribution in [2.24, 2.45) is 0 Å². The Bertz CT molecular complexity index is 1030. The van der Waals surface area contributed by atoms with Gasteiger partial charge in [-0.3, -0.25) is 0 Å². The number of hydrogen-bond acceptors (Lipinski definition) is 6. The Morgan fingerprint density at radius 1 is 0.885 bits per heavy atom. The van der Waals surface area contributed by atoms with Gasteiger partial charge in [-0.2, -0.15) is 4.98 Å². The number of aromatic hydroxyl groups is 1. The van der Waals surface area contributed by atoms with Crippen LogP contribution >= 0.6 is 0 Å². The van der Waals surface area contributed by atoms with Crippen molar-refractivity contribution in [2.45, 2.75) is 0 Å². The molecule has 1 aromatic heterocycles. The minimum absolute atomic E-state index is 0.173. The lowest BCUT2D eigenvalue weighted by Crippen LogP contribution is -1.93. The maximum Gasteiger partial charge on any atom is 0.258 e. The predicted molar refractivity (Wildman–Crippen MR) is 97.8 cm³/mol. The van der Waals surface area contributed by atoms with E-state index in [1.54, 1.807) is 42.5 Å². The van der Waals surface area contributed by atoms with E-state index in [-0.39, 0.29) is 5.75 Å². The summed E-state index contributed by atoms with van der Waals surface area (Å²) in [5.74, 6) is 2.26. The minimum Gasteiger partial charge on any atom is -0.508 e.